The monoisotopic (exact) mass is 391 g/mol. The van der Waals surface area contributed by atoms with Crippen molar-refractivity contribution >= 4 is 38.9 Å². The lowest BCUT2D eigenvalue weighted by molar-refractivity contribution is 0.101. The van der Waals surface area contributed by atoms with Gasteiger partial charge in [-0.25, -0.2) is 8.42 Å². The summed E-state index contributed by atoms with van der Waals surface area (Å²) >= 11 is 5.99. The molecule has 3 rings (SSSR count). The first-order valence-corrected chi connectivity index (χ1v) is 9.33. The second-order valence-corrected chi connectivity index (χ2v) is 7.48. The van der Waals surface area contributed by atoms with Crippen LogP contribution in [0.2, 0.25) is 5.02 Å². The lowest BCUT2D eigenvalue weighted by Gasteiger charge is -2.11. The van der Waals surface area contributed by atoms with Crippen LogP contribution >= 0.6 is 11.6 Å². The molecule has 2 aromatic carbocycles. The van der Waals surface area contributed by atoms with Crippen molar-refractivity contribution in [1.82, 2.24) is 5.16 Å². The Morgan fingerprint density at radius 1 is 1.12 bits per heavy atom. The Bertz CT molecular complexity index is 1060. The number of benzene rings is 2. The predicted molar refractivity (Wildman–Crippen MR) is 97.9 cm³/mol. The average Bonchev–Trinajstić information content (AvgIpc) is 3.04. The molecule has 9 heteroatoms. The van der Waals surface area contributed by atoms with Crippen LogP contribution in [0.25, 0.3) is 0 Å². The number of para-hydroxylation sites is 1. The highest BCUT2D eigenvalue weighted by Gasteiger charge is 2.17. The van der Waals surface area contributed by atoms with Crippen molar-refractivity contribution in [3.05, 3.63) is 71.1 Å². The second-order valence-electron chi connectivity index (χ2n) is 5.39. The number of amides is 1. The molecule has 0 unspecified atom stereocenters. The van der Waals surface area contributed by atoms with E-state index in [1.165, 1.54) is 24.3 Å². The smallest absolute Gasteiger partial charge is 0.277 e. The molecule has 0 bridgehead atoms. The second kappa shape index (κ2) is 7.19. The number of aromatic nitrogens is 1. The standard InChI is InChI=1S/C17H14ClN3O4S/c1-11-9-16(20-25-11)17(22)19-12-5-4-6-13(10-12)26(23,24)21-15-8-3-2-7-14(15)18/h2-10,21H,1H3,(H,19,22). The molecule has 7 nitrogen and oxygen atoms in total. The average molecular weight is 392 g/mol. The minimum atomic E-state index is -3.87. The first-order valence-electron chi connectivity index (χ1n) is 7.47. The molecule has 0 saturated carbocycles. The third-order valence-electron chi connectivity index (χ3n) is 3.38. The number of hydrogen-bond acceptors (Lipinski definition) is 5. The fourth-order valence-corrected chi connectivity index (χ4v) is 3.52. The van der Waals surface area contributed by atoms with Crippen LogP contribution in [0.5, 0.6) is 0 Å². The van der Waals surface area contributed by atoms with Crippen molar-refractivity contribution in [2.45, 2.75) is 11.8 Å². The normalized spacial score (nSPS) is 11.2. The lowest BCUT2D eigenvalue weighted by Crippen LogP contribution is -2.15. The van der Waals surface area contributed by atoms with E-state index in [9.17, 15) is 13.2 Å². The summed E-state index contributed by atoms with van der Waals surface area (Å²) in [6.07, 6.45) is 0. The highest BCUT2D eigenvalue weighted by atomic mass is 35.5. The van der Waals surface area contributed by atoms with Crippen molar-refractivity contribution in [3.8, 4) is 0 Å². The zero-order chi connectivity index (χ0) is 18.7. The summed E-state index contributed by atoms with van der Waals surface area (Å²) in [5, 5.41) is 6.48. The number of carbonyl (C=O) groups is 1. The maximum Gasteiger partial charge on any atom is 0.277 e. The van der Waals surface area contributed by atoms with E-state index in [4.69, 9.17) is 16.1 Å². The molecule has 3 aromatic rings. The Labute approximate surface area is 155 Å². The van der Waals surface area contributed by atoms with Crippen molar-refractivity contribution in [2.75, 3.05) is 10.0 Å². The quantitative estimate of drug-likeness (QED) is 0.690. The van der Waals surface area contributed by atoms with E-state index in [1.807, 2.05) is 0 Å². The minimum Gasteiger partial charge on any atom is -0.361 e. The summed E-state index contributed by atoms with van der Waals surface area (Å²) in [5.41, 5.74) is 0.671. The topological polar surface area (TPSA) is 101 Å². The third-order valence-corrected chi connectivity index (χ3v) is 5.07. The van der Waals surface area contributed by atoms with Crippen LogP contribution < -0.4 is 10.0 Å². The Hall–Kier alpha value is -2.84. The van der Waals surface area contributed by atoms with Crippen LogP contribution in [0, 0.1) is 6.92 Å². The molecule has 0 spiro atoms. The Morgan fingerprint density at radius 2 is 1.88 bits per heavy atom. The van der Waals surface area contributed by atoms with Crippen LogP contribution in [-0.4, -0.2) is 19.5 Å². The van der Waals surface area contributed by atoms with Crippen molar-refractivity contribution in [3.63, 3.8) is 0 Å². The van der Waals surface area contributed by atoms with Gasteiger partial charge >= 0.3 is 0 Å². The highest BCUT2D eigenvalue weighted by Crippen LogP contribution is 2.25. The predicted octanol–water partition coefficient (Wildman–Crippen LogP) is 3.69. The van der Waals surface area contributed by atoms with E-state index < -0.39 is 15.9 Å². The third kappa shape index (κ3) is 4.04. The molecule has 134 valence electrons. The number of hydrogen-bond donors (Lipinski definition) is 2. The molecule has 0 atom stereocenters. The molecule has 0 radical (unpaired) electrons. The summed E-state index contributed by atoms with van der Waals surface area (Å²) in [5.74, 6) is -0.00845. The van der Waals surface area contributed by atoms with Gasteiger partial charge in [0.15, 0.2) is 5.69 Å². The van der Waals surface area contributed by atoms with Gasteiger partial charge in [-0.05, 0) is 37.3 Å². The van der Waals surface area contributed by atoms with E-state index in [2.05, 4.69) is 15.2 Å². The van der Waals surface area contributed by atoms with E-state index in [1.54, 1.807) is 37.3 Å². The molecular formula is C17H14ClN3O4S. The molecule has 0 aliphatic heterocycles. The highest BCUT2D eigenvalue weighted by molar-refractivity contribution is 7.92. The number of aryl methyl sites for hydroxylation is 1. The van der Waals surface area contributed by atoms with Gasteiger partial charge in [0.05, 0.1) is 15.6 Å². The maximum absolute atomic E-state index is 12.6. The van der Waals surface area contributed by atoms with Crippen molar-refractivity contribution in [1.29, 1.82) is 0 Å². The summed E-state index contributed by atoms with van der Waals surface area (Å²) in [4.78, 5) is 12.1. The van der Waals surface area contributed by atoms with Gasteiger partial charge in [0.2, 0.25) is 0 Å². The molecule has 0 aliphatic carbocycles. The number of nitrogens with one attached hydrogen (secondary N) is 2. The van der Waals surface area contributed by atoms with Crippen LogP contribution in [0.3, 0.4) is 0 Å². The zero-order valence-corrected chi connectivity index (χ0v) is 15.1. The fraction of sp³-hybridized carbons (Fsp3) is 0.0588. The molecule has 1 amide bonds. The number of halogens is 1. The van der Waals surface area contributed by atoms with E-state index in [-0.39, 0.29) is 21.3 Å². The van der Waals surface area contributed by atoms with Gasteiger partial charge in [-0.3, -0.25) is 9.52 Å². The maximum atomic E-state index is 12.6. The molecule has 2 N–H and O–H groups in total. The summed E-state index contributed by atoms with van der Waals surface area (Å²) < 4.78 is 32.4. The van der Waals surface area contributed by atoms with Gasteiger partial charge in [0.25, 0.3) is 15.9 Å². The number of carbonyl (C=O) groups excluding carboxylic acids is 1. The fourth-order valence-electron chi connectivity index (χ4n) is 2.16. The Morgan fingerprint density at radius 3 is 2.58 bits per heavy atom. The minimum absolute atomic E-state index is 0.0217. The van der Waals surface area contributed by atoms with Crippen LogP contribution in [0.4, 0.5) is 11.4 Å². The van der Waals surface area contributed by atoms with Gasteiger partial charge in [0, 0.05) is 11.8 Å². The van der Waals surface area contributed by atoms with Gasteiger partial charge in [-0.15, -0.1) is 0 Å². The molecule has 0 fully saturated rings. The molecule has 1 aromatic heterocycles. The van der Waals surface area contributed by atoms with E-state index >= 15 is 0 Å². The number of sulfonamides is 1. The van der Waals surface area contributed by atoms with Gasteiger partial charge in [-0.2, -0.15) is 0 Å². The lowest BCUT2D eigenvalue weighted by atomic mass is 10.3. The Kier molecular flexibility index (Phi) is 4.97. The largest absolute Gasteiger partial charge is 0.361 e. The zero-order valence-electron chi connectivity index (χ0n) is 13.6. The molecular weight excluding hydrogens is 378 g/mol. The van der Waals surface area contributed by atoms with Crippen molar-refractivity contribution < 1.29 is 17.7 Å². The molecule has 0 saturated heterocycles. The first kappa shape index (κ1) is 18.0. The van der Waals surface area contributed by atoms with Gasteiger partial charge in [0.1, 0.15) is 5.76 Å². The van der Waals surface area contributed by atoms with Gasteiger partial charge < -0.3 is 9.84 Å². The van der Waals surface area contributed by atoms with Crippen LogP contribution in [-0.2, 0) is 10.0 Å². The molecule has 0 aliphatic rings. The number of anilines is 2. The molecule has 1 heterocycles. The SMILES string of the molecule is Cc1cc(C(=O)Nc2cccc(S(=O)(=O)Nc3ccccc3Cl)c2)no1. The number of nitrogens with zero attached hydrogens (tertiary/aromatic N) is 1. The van der Waals surface area contributed by atoms with Crippen molar-refractivity contribution in [2.24, 2.45) is 0 Å². The molecule has 26 heavy (non-hydrogen) atoms. The van der Waals surface area contributed by atoms with Crippen LogP contribution in [0.1, 0.15) is 16.2 Å². The summed E-state index contributed by atoms with van der Waals surface area (Å²) in [6.45, 7) is 1.66. The Balaban J connectivity index is 1.82. The number of rotatable bonds is 5. The summed E-state index contributed by atoms with van der Waals surface area (Å²) in [7, 11) is -3.87. The van der Waals surface area contributed by atoms with Gasteiger partial charge in [-0.1, -0.05) is 35.0 Å². The van der Waals surface area contributed by atoms with Crippen LogP contribution in [0.15, 0.2) is 64.0 Å². The van der Waals surface area contributed by atoms with E-state index in [0.29, 0.717) is 11.4 Å². The summed E-state index contributed by atoms with van der Waals surface area (Å²) in [6, 6.07) is 13.8. The first-order chi connectivity index (χ1) is 12.3. The van der Waals surface area contributed by atoms with E-state index in [0.717, 1.165) is 0 Å².